The Bertz CT molecular complexity index is 1110. The minimum Gasteiger partial charge on any atom is -0.206 e. The molecule has 0 amide bonds. The van der Waals surface area contributed by atoms with Crippen molar-refractivity contribution in [2.24, 2.45) is 16.8 Å². The SMILES string of the molecule is CCCCC1CCC(C#Cc2ccc(C#Cc3cc(F)c(N=C=S)c(F)c3)c(F)c2)CC1. The summed E-state index contributed by atoms with van der Waals surface area (Å²) in [5, 5.41) is 1.93. The van der Waals surface area contributed by atoms with Crippen LogP contribution in [0.2, 0.25) is 0 Å². The molecule has 0 saturated heterocycles. The lowest BCUT2D eigenvalue weighted by atomic mass is 9.80. The number of aliphatic imine (C=N–C) groups is 1. The summed E-state index contributed by atoms with van der Waals surface area (Å²) in [6.07, 6.45) is 8.52. The van der Waals surface area contributed by atoms with E-state index in [1.807, 2.05) is 5.16 Å². The molecular weight excluding hydrogens is 427 g/mol. The Balaban J connectivity index is 1.66. The number of benzene rings is 2. The van der Waals surface area contributed by atoms with Crippen molar-refractivity contribution in [1.29, 1.82) is 0 Å². The van der Waals surface area contributed by atoms with Crippen molar-refractivity contribution in [3.63, 3.8) is 0 Å². The first-order valence-corrected chi connectivity index (χ1v) is 11.3. The molecule has 1 aliphatic carbocycles. The van der Waals surface area contributed by atoms with Gasteiger partial charge in [0.2, 0.25) is 0 Å². The summed E-state index contributed by atoms with van der Waals surface area (Å²) in [7, 11) is 0. The number of unbranched alkanes of at least 4 members (excludes halogenated alkanes) is 1. The van der Waals surface area contributed by atoms with Gasteiger partial charge in [0.15, 0.2) is 11.6 Å². The Labute approximate surface area is 193 Å². The number of isothiocyanates is 1. The number of nitrogens with zero attached hydrogens (tertiary/aromatic N) is 1. The van der Waals surface area contributed by atoms with Gasteiger partial charge in [0.05, 0.1) is 10.7 Å². The highest BCUT2D eigenvalue weighted by Crippen LogP contribution is 2.31. The molecular formula is C27H24F3NS. The molecule has 0 atom stereocenters. The third kappa shape index (κ3) is 6.57. The van der Waals surface area contributed by atoms with Gasteiger partial charge in [-0.2, -0.15) is 4.99 Å². The van der Waals surface area contributed by atoms with E-state index in [0.717, 1.165) is 30.9 Å². The van der Waals surface area contributed by atoms with E-state index in [4.69, 9.17) is 0 Å². The largest absolute Gasteiger partial charge is 0.206 e. The molecule has 1 fully saturated rings. The summed E-state index contributed by atoms with van der Waals surface area (Å²) in [4.78, 5) is 3.35. The topological polar surface area (TPSA) is 12.4 Å². The van der Waals surface area contributed by atoms with Crippen LogP contribution in [0.1, 0.15) is 68.6 Å². The summed E-state index contributed by atoms with van der Waals surface area (Å²) in [6, 6.07) is 6.64. The van der Waals surface area contributed by atoms with Crippen LogP contribution < -0.4 is 0 Å². The Morgan fingerprint density at radius 3 is 2.22 bits per heavy atom. The fourth-order valence-electron chi connectivity index (χ4n) is 3.90. The van der Waals surface area contributed by atoms with E-state index in [1.165, 1.54) is 44.2 Å². The zero-order valence-electron chi connectivity index (χ0n) is 18.0. The van der Waals surface area contributed by atoms with Crippen LogP contribution in [0.5, 0.6) is 0 Å². The normalized spacial score (nSPS) is 17.4. The second-order valence-electron chi connectivity index (χ2n) is 8.07. The number of halogens is 3. The monoisotopic (exact) mass is 451 g/mol. The van der Waals surface area contributed by atoms with E-state index >= 15 is 0 Å². The maximum absolute atomic E-state index is 14.5. The van der Waals surface area contributed by atoms with Gasteiger partial charge < -0.3 is 0 Å². The first kappa shape index (κ1) is 23.8. The zero-order chi connectivity index (χ0) is 22.9. The van der Waals surface area contributed by atoms with Gasteiger partial charge in [0.25, 0.3) is 0 Å². The van der Waals surface area contributed by atoms with Gasteiger partial charge in [-0.3, -0.25) is 0 Å². The number of thiocarbonyl (C=S) groups is 1. The van der Waals surface area contributed by atoms with Crippen LogP contribution in [-0.4, -0.2) is 5.16 Å². The molecule has 2 aromatic rings. The molecule has 0 bridgehead atoms. The van der Waals surface area contributed by atoms with Crippen molar-refractivity contribution in [3.05, 3.63) is 64.5 Å². The molecule has 1 aliphatic rings. The fourth-order valence-corrected chi connectivity index (χ4v) is 3.99. The fraction of sp³-hybridized carbons (Fsp3) is 0.370. The average molecular weight is 452 g/mol. The Morgan fingerprint density at radius 1 is 0.906 bits per heavy atom. The maximum Gasteiger partial charge on any atom is 0.153 e. The highest BCUT2D eigenvalue weighted by atomic mass is 32.1. The van der Waals surface area contributed by atoms with E-state index in [9.17, 15) is 13.2 Å². The molecule has 3 rings (SSSR count). The third-order valence-corrected chi connectivity index (χ3v) is 5.81. The van der Waals surface area contributed by atoms with E-state index in [0.29, 0.717) is 11.5 Å². The molecule has 0 aromatic heterocycles. The third-order valence-electron chi connectivity index (χ3n) is 5.72. The molecule has 0 radical (unpaired) electrons. The Hall–Kier alpha value is -2.85. The Kier molecular flexibility index (Phi) is 8.69. The molecule has 0 aliphatic heterocycles. The number of hydrogen-bond acceptors (Lipinski definition) is 2. The maximum atomic E-state index is 14.5. The second kappa shape index (κ2) is 11.7. The Morgan fingerprint density at radius 2 is 1.59 bits per heavy atom. The van der Waals surface area contributed by atoms with Crippen LogP contribution in [0.4, 0.5) is 18.9 Å². The molecule has 0 unspecified atom stereocenters. The van der Waals surface area contributed by atoms with Crippen LogP contribution >= 0.6 is 12.2 Å². The standard InChI is InChI=1S/C27H24F3NS/c1-2-3-4-19-5-7-20(8-6-19)9-10-21-11-13-23(24(28)15-21)14-12-22-16-25(29)27(31-18-32)26(30)17-22/h11,13,15-17,19-20H,2-8H2,1H3. The molecule has 1 saturated carbocycles. The minimum absolute atomic E-state index is 0.0705. The molecule has 32 heavy (non-hydrogen) atoms. The van der Waals surface area contributed by atoms with Crippen molar-refractivity contribution in [2.45, 2.75) is 51.9 Å². The summed E-state index contributed by atoms with van der Waals surface area (Å²) in [6.45, 7) is 2.22. The summed E-state index contributed by atoms with van der Waals surface area (Å²) < 4.78 is 42.2. The lowest BCUT2D eigenvalue weighted by molar-refractivity contribution is 0.296. The summed E-state index contributed by atoms with van der Waals surface area (Å²) in [5.41, 5.74) is 0.282. The van der Waals surface area contributed by atoms with E-state index in [1.54, 1.807) is 6.07 Å². The molecule has 0 spiro atoms. The average Bonchev–Trinajstić information content (AvgIpc) is 2.78. The van der Waals surface area contributed by atoms with E-state index < -0.39 is 23.1 Å². The van der Waals surface area contributed by atoms with Gasteiger partial charge in [-0.1, -0.05) is 49.9 Å². The first-order valence-electron chi connectivity index (χ1n) is 10.9. The molecule has 2 aromatic carbocycles. The van der Waals surface area contributed by atoms with Crippen LogP contribution in [0, 0.1) is 53.0 Å². The second-order valence-corrected chi connectivity index (χ2v) is 8.25. The van der Waals surface area contributed by atoms with Crippen molar-refractivity contribution < 1.29 is 13.2 Å². The minimum atomic E-state index is -0.905. The molecule has 164 valence electrons. The molecule has 0 N–H and O–H groups in total. The van der Waals surface area contributed by atoms with Crippen molar-refractivity contribution in [1.82, 2.24) is 0 Å². The van der Waals surface area contributed by atoms with Crippen LogP contribution in [0.3, 0.4) is 0 Å². The highest BCUT2D eigenvalue weighted by molar-refractivity contribution is 7.78. The molecule has 5 heteroatoms. The quantitative estimate of drug-likeness (QED) is 0.265. The predicted octanol–water partition coefficient (Wildman–Crippen LogP) is 7.59. The van der Waals surface area contributed by atoms with Crippen LogP contribution in [0.25, 0.3) is 0 Å². The number of hydrogen-bond donors (Lipinski definition) is 0. The van der Waals surface area contributed by atoms with Gasteiger partial charge in [-0.25, -0.2) is 13.2 Å². The molecule has 1 nitrogen and oxygen atoms in total. The van der Waals surface area contributed by atoms with Gasteiger partial charge >= 0.3 is 0 Å². The first-order chi connectivity index (χ1) is 15.5. The summed E-state index contributed by atoms with van der Waals surface area (Å²) in [5.74, 6) is 10.4. The summed E-state index contributed by atoms with van der Waals surface area (Å²) >= 11 is 4.37. The number of rotatable bonds is 4. The predicted molar refractivity (Wildman–Crippen MR) is 125 cm³/mol. The van der Waals surface area contributed by atoms with E-state index in [-0.39, 0.29) is 11.1 Å². The van der Waals surface area contributed by atoms with Crippen molar-refractivity contribution >= 4 is 23.1 Å². The lowest BCUT2D eigenvalue weighted by Gasteiger charge is -2.25. The van der Waals surface area contributed by atoms with Gasteiger partial charge in [-0.05, 0) is 74.2 Å². The van der Waals surface area contributed by atoms with Crippen LogP contribution in [-0.2, 0) is 0 Å². The van der Waals surface area contributed by atoms with Gasteiger partial charge in [-0.15, -0.1) is 0 Å². The van der Waals surface area contributed by atoms with Crippen molar-refractivity contribution in [3.8, 4) is 23.7 Å². The van der Waals surface area contributed by atoms with Gasteiger partial charge in [0.1, 0.15) is 11.5 Å². The van der Waals surface area contributed by atoms with E-state index in [2.05, 4.69) is 47.8 Å². The zero-order valence-corrected chi connectivity index (χ0v) is 18.8. The van der Waals surface area contributed by atoms with Crippen molar-refractivity contribution in [2.75, 3.05) is 0 Å². The van der Waals surface area contributed by atoms with Gasteiger partial charge in [0, 0.05) is 17.0 Å². The molecule has 0 heterocycles. The lowest BCUT2D eigenvalue weighted by Crippen LogP contribution is -2.13. The highest BCUT2D eigenvalue weighted by Gasteiger charge is 2.19. The smallest absolute Gasteiger partial charge is 0.153 e. The van der Waals surface area contributed by atoms with Crippen LogP contribution in [0.15, 0.2) is 35.3 Å².